The van der Waals surface area contributed by atoms with Gasteiger partial charge in [0.1, 0.15) is 11.6 Å². The van der Waals surface area contributed by atoms with Crippen molar-refractivity contribution >= 4 is 0 Å². The van der Waals surface area contributed by atoms with Crippen molar-refractivity contribution in [1.29, 1.82) is 0 Å². The smallest absolute Gasteiger partial charge is 0.181 e. The zero-order valence-electron chi connectivity index (χ0n) is 13.3. The van der Waals surface area contributed by atoms with Crippen molar-refractivity contribution in [3.63, 3.8) is 0 Å². The molecule has 6 nitrogen and oxygen atoms in total. The minimum atomic E-state index is -0.521. The van der Waals surface area contributed by atoms with E-state index >= 15 is 0 Å². The summed E-state index contributed by atoms with van der Waals surface area (Å²) in [5.74, 6) is 1.88. The fourth-order valence-corrected chi connectivity index (χ4v) is 2.35. The first-order valence-electron chi connectivity index (χ1n) is 7.28. The summed E-state index contributed by atoms with van der Waals surface area (Å²) in [4.78, 5) is 4.43. The van der Waals surface area contributed by atoms with E-state index in [9.17, 15) is 4.39 Å². The summed E-state index contributed by atoms with van der Waals surface area (Å²) in [5.41, 5.74) is 7.67. The molecule has 3 N–H and O–H groups in total. The van der Waals surface area contributed by atoms with Crippen LogP contribution in [0.3, 0.4) is 0 Å². The maximum Gasteiger partial charge on any atom is 0.181 e. The molecule has 124 valence electrons. The van der Waals surface area contributed by atoms with Crippen LogP contribution in [0.25, 0.3) is 11.4 Å². The highest BCUT2D eigenvalue weighted by Crippen LogP contribution is 2.31. The molecule has 1 heterocycles. The van der Waals surface area contributed by atoms with E-state index in [1.165, 1.54) is 12.1 Å². The Balaban J connectivity index is 1.89. The number of H-pyrrole nitrogens is 1. The fraction of sp³-hybridized carbons (Fsp3) is 0.176. The number of hydrogen-bond donors (Lipinski definition) is 2. The standard InChI is InChI=1S/C17H17FN4O2/c1-23-13-8-5-11(9-14(13)24-2)16-20-17(22-21-16)15(19)10-3-6-12(18)7-4-10/h3-9,15H,19H2,1-2H3,(H,20,21,22). The maximum atomic E-state index is 13.0. The molecule has 3 rings (SSSR count). The molecular weight excluding hydrogens is 311 g/mol. The van der Waals surface area contributed by atoms with E-state index in [2.05, 4.69) is 15.2 Å². The van der Waals surface area contributed by atoms with Crippen LogP contribution in [0, 0.1) is 5.82 Å². The Kier molecular flexibility index (Phi) is 4.43. The molecule has 1 atom stereocenters. The number of aromatic nitrogens is 3. The number of halogens is 1. The summed E-state index contributed by atoms with van der Waals surface area (Å²) in [6.45, 7) is 0. The highest BCUT2D eigenvalue weighted by molar-refractivity contribution is 5.61. The second-order valence-corrected chi connectivity index (χ2v) is 5.14. The Labute approximate surface area is 138 Å². The molecule has 0 spiro atoms. The van der Waals surface area contributed by atoms with E-state index in [1.54, 1.807) is 38.5 Å². The van der Waals surface area contributed by atoms with Crippen molar-refractivity contribution in [1.82, 2.24) is 15.2 Å². The Morgan fingerprint density at radius 3 is 2.42 bits per heavy atom. The lowest BCUT2D eigenvalue weighted by Gasteiger charge is -2.08. The first-order valence-corrected chi connectivity index (χ1v) is 7.28. The number of methoxy groups -OCH3 is 2. The molecule has 0 aliphatic heterocycles. The van der Waals surface area contributed by atoms with Crippen molar-refractivity contribution < 1.29 is 13.9 Å². The Bertz CT molecular complexity index is 833. The van der Waals surface area contributed by atoms with Gasteiger partial charge in [-0.05, 0) is 35.9 Å². The van der Waals surface area contributed by atoms with Gasteiger partial charge in [-0.15, -0.1) is 0 Å². The minimum Gasteiger partial charge on any atom is -0.493 e. The summed E-state index contributed by atoms with van der Waals surface area (Å²) in [5, 5.41) is 7.03. The first-order chi connectivity index (χ1) is 11.6. The number of rotatable bonds is 5. The third kappa shape index (κ3) is 3.07. The molecule has 0 bridgehead atoms. The van der Waals surface area contributed by atoms with Crippen LogP contribution in [0.4, 0.5) is 4.39 Å². The number of benzene rings is 2. The number of ether oxygens (including phenoxy) is 2. The largest absolute Gasteiger partial charge is 0.493 e. The third-order valence-corrected chi connectivity index (χ3v) is 3.67. The molecule has 7 heteroatoms. The van der Waals surface area contributed by atoms with Crippen LogP contribution in [0.15, 0.2) is 42.5 Å². The van der Waals surface area contributed by atoms with Gasteiger partial charge in [0.25, 0.3) is 0 Å². The molecule has 1 unspecified atom stereocenters. The van der Waals surface area contributed by atoms with Gasteiger partial charge in [0.05, 0.1) is 20.3 Å². The lowest BCUT2D eigenvalue weighted by Crippen LogP contribution is -2.13. The van der Waals surface area contributed by atoms with Crippen LogP contribution in [0.5, 0.6) is 11.5 Å². The highest BCUT2D eigenvalue weighted by atomic mass is 19.1. The van der Waals surface area contributed by atoms with E-state index in [4.69, 9.17) is 15.2 Å². The van der Waals surface area contributed by atoms with Crippen LogP contribution < -0.4 is 15.2 Å². The molecular formula is C17H17FN4O2. The van der Waals surface area contributed by atoms with Crippen molar-refractivity contribution in [3.05, 3.63) is 59.7 Å². The molecule has 0 aliphatic carbocycles. The van der Waals surface area contributed by atoms with Gasteiger partial charge in [-0.3, -0.25) is 5.10 Å². The lowest BCUT2D eigenvalue weighted by molar-refractivity contribution is 0.355. The average Bonchev–Trinajstić information content (AvgIpc) is 3.11. The molecule has 1 aromatic heterocycles. The summed E-state index contributed by atoms with van der Waals surface area (Å²) < 4.78 is 23.5. The predicted octanol–water partition coefficient (Wildman–Crippen LogP) is 2.68. The SMILES string of the molecule is COc1ccc(-c2n[nH]c(C(N)c3ccc(F)cc3)n2)cc1OC. The van der Waals surface area contributed by atoms with Crippen LogP contribution in [-0.2, 0) is 0 Å². The van der Waals surface area contributed by atoms with Crippen LogP contribution in [0.1, 0.15) is 17.4 Å². The average molecular weight is 328 g/mol. The van der Waals surface area contributed by atoms with E-state index in [-0.39, 0.29) is 5.82 Å². The first kappa shape index (κ1) is 15.9. The third-order valence-electron chi connectivity index (χ3n) is 3.67. The molecule has 24 heavy (non-hydrogen) atoms. The predicted molar refractivity (Wildman–Crippen MR) is 87.4 cm³/mol. The quantitative estimate of drug-likeness (QED) is 0.752. The minimum absolute atomic E-state index is 0.311. The number of nitrogens with zero attached hydrogens (tertiary/aromatic N) is 2. The van der Waals surface area contributed by atoms with Gasteiger partial charge >= 0.3 is 0 Å². The molecule has 0 radical (unpaired) electrons. The number of hydrogen-bond acceptors (Lipinski definition) is 5. The summed E-state index contributed by atoms with van der Waals surface area (Å²) in [7, 11) is 3.14. The second kappa shape index (κ2) is 6.67. The van der Waals surface area contributed by atoms with Gasteiger partial charge in [0.2, 0.25) is 0 Å². The second-order valence-electron chi connectivity index (χ2n) is 5.14. The van der Waals surface area contributed by atoms with Crippen LogP contribution >= 0.6 is 0 Å². The van der Waals surface area contributed by atoms with Crippen molar-refractivity contribution in [3.8, 4) is 22.9 Å². The van der Waals surface area contributed by atoms with Crippen LogP contribution in [-0.4, -0.2) is 29.4 Å². The van der Waals surface area contributed by atoms with Crippen molar-refractivity contribution in [2.45, 2.75) is 6.04 Å². The monoisotopic (exact) mass is 328 g/mol. The van der Waals surface area contributed by atoms with E-state index < -0.39 is 6.04 Å². The molecule has 3 aromatic rings. The molecule has 0 fully saturated rings. The Hall–Kier alpha value is -2.93. The molecule has 0 aliphatic rings. The normalized spacial score (nSPS) is 12.0. The molecule has 0 amide bonds. The van der Waals surface area contributed by atoms with Crippen molar-refractivity contribution in [2.24, 2.45) is 5.73 Å². The summed E-state index contributed by atoms with van der Waals surface area (Å²) >= 11 is 0. The van der Waals surface area contributed by atoms with Gasteiger partial charge in [-0.2, -0.15) is 5.10 Å². The van der Waals surface area contributed by atoms with Gasteiger partial charge in [-0.1, -0.05) is 12.1 Å². The zero-order chi connectivity index (χ0) is 17.1. The van der Waals surface area contributed by atoms with E-state index in [0.29, 0.717) is 23.1 Å². The summed E-state index contributed by atoms with van der Waals surface area (Å²) in [6, 6.07) is 10.8. The van der Waals surface area contributed by atoms with Gasteiger partial charge in [0.15, 0.2) is 17.3 Å². The zero-order valence-corrected chi connectivity index (χ0v) is 13.3. The van der Waals surface area contributed by atoms with E-state index in [0.717, 1.165) is 11.1 Å². The maximum absolute atomic E-state index is 13.0. The van der Waals surface area contributed by atoms with Gasteiger partial charge < -0.3 is 15.2 Å². The Morgan fingerprint density at radius 1 is 1.04 bits per heavy atom. The van der Waals surface area contributed by atoms with Crippen molar-refractivity contribution in [2.75, 3.05) is 14.2 Å². The molecule has 0 saturated carbocycles. The molecule has 0 saturated heterocycles. The topological polar surface area (TPSA) is 86.0 Å². The van der Waals surface area contributed by atoms with Crippen LogP contribution in [0.2, 0.25) is 0 Å². The highest BCUT2D eigenvalue weighted by Gasteiger charge is 2.16. The summed E-state index contributed by atoms with van der Waals surface area (Å²) in [6.07, 6.45) is 0. The number of aromatic amines is 1. The number of nitrogens with two attached hydrogens (primary N) is 1. The lowest BCUT2D eigenvalue weighted by atomic mass is 10.1. The van der Waals surface area contributed by atoms with E-state index in [1.807, 2.05) is 6.07 Å². The van der Waals surface area contributed by atoms with Gasteiger partial charge in [0, 0.05) is 5.56 Å². The molecule has 2 aromatic carbocycles. The Morgan fingerprint density at radius 2 is 1.75 bits per heavy atom. The fourth-order valence-electron chi connectivity index (χ4n) is 2.35. The van der Waals surface area contributed by atoms with Gasteiger partial charge in [-0.25, -0.2) is 9.37 Å². The number of nitrogens with one attached hydrogen (secondary N) is 1.